The molecule has 0 aromatic heterocycles. The van der Waals surface area contributed by atoms with E-state index >= 15 is 0 Å². The van der Waals surface area contributed by atoms with Crippen molar-refractivity contribution in [2.45, 2.75) is 19.5 Å². The number of nitrogens with zero attached hydrogens (tertiary/aromatic N) is 1. The van der Waals surface area contributed by atoms with Gasteiger partial charge in [-0.2, -0.15) is 0 Å². The number of benzene rings is 1. The Balaban J connectivity index is 2.14. The number of rotatable bonds is 3. The molecule has 1 aliphatic rings. The number of piperazine rings is 1. The van der Waals surface area contributed by atoms with Gasteiger partial charge in [-0.05, 0) is 13.0 Å². The molecule has 1 atom stereocenters. The molecule has 1 fully saturated rings. The number of hydrogen-bond donors (Lipinski definition) is 1. The fourth-order valence-corrected chi connectivity index (χ4v) is 2.51. The molecule has 1 saturated heterocycles. The molecule has 0 aliphatic carbocycles. The molecule has 1 N–H and O–H groups in total. The van der Waals surface area contributed by atoms with Crippen molar-refractivity contribution in [1.82, 2.24) is 10.2 Å². The summed E-state index contributed by atoms with van der Waals surface area (Å²) < 4.78 is 5.38. The van der Waals surface area contributed by atoms with Crippen molar-refractivity contribution in [1.29, 1.82) is 0 Å². The summed E-state index contributed by atoms with van der Waals surface area (Å²) in [6.45, 7) is 6.29. The Hall–Kier alpha value is -0.770. The Bertz CT molecular complexity index is 384. The predicted molar refractivity (Wildman–Crippen MR) is 70.7 cm³/mol. The summed E-state index contributed by atoms with van der Waals surface area (Å²) in [6, 6.07) is 6.48. The summed E-state index contributed by atoms with van der Waals surface area (Å²) in [5.41, 5.74) is 1.16. The monoisotopic (exact) mass is 254 g/mol. The molecule has 1 heterocycles. The van der Waals surface area contributed by atoms with Crippen LogP contribution in [-0.2, 0) is 6.54 Å². The van der Waals surface area contributed by atoms with E-state index in [2.05, 4.69) is 23.2 Å². The lowest BCUT2D eigenvalue weighted by atomic mass is 10.1. The van der Waals surface area contributed by atoms with Crippen LogP contribution in [0.2, 0.25) is 5.02 Å². The highest BCUT2D eigenvalue weighted by molar-refractivity contribution is 6.32. The first-order valence-corrected chi connectivity index (χ1v) is 6.36. The average molecular weight is 255 g/mol. The van der Waals surface area contributed by atoms with Crippen molar-refractivity contribution in [3.8, 4) is 5.75 Å². The van der Waals surface area contributed by atoms with Gasteiger partial charge < -0.3 is 10.1 Å². The van der Waals surface area contributed by atoms with Crippen LogP contribution in [0, 0.1) is 0 Å². The number of ether oxygens (including phenoxy) is 1. The van der Waals surface area contributed by atoms with Crippen LogP contribution in [0.25, 0.3) is 0 Å². The third kappa shape index (κ3) is 2.92. The van der Waals surface area contributed by atoms with E-state index in [1.807, 2.05) is 12.1 Å². The first-order valence-electron chi connectivity index (χ1n) is 5.98. The van der Waals surface area contributed by atoms with E-state index in [9.17, 15) is 0 Å². The molecule has 1 aromatic carbocycles. The molecule has 4 heteroatoms. The Morgan fingerprint density at radius 2 is 2.35 bits per heavy atom. The SMILES string of the molecule is COc1c(Cl)cccc1CN1CCNC[C@H]1C. The summed E-state index contributed by atoms with van der Waals surface area (Å²) in [5.74, 6) is 0.805. The maximum atomic E-state index is 6.13. The summed E-state index contributed by atoms with van der Waals surface area (Å²) in [5, 5.41) is 4.08. The zero-order valence-corrected chi connectivity index (χ0v) is 11.1. The molecule has 3 nitrogen and oxygen atoms in total. The van der Waals surface area contributed by atoms with Gasteiger partial charge in [0.25, 0.3) is 0 Å². The Kier molecular flexibility index (Phi) is 4.26. The lowest BCUT2D eigenvalue weighted by Crippen LogP contribution is -2.49. The summed E-state index contributed by atoms with van der Waals surface area (Å²) >= 11 is 6.13. The van der Waals surface area contributed by atoms with Crippen LogP contribution in [-0.4, -0.2) is 37.7 Å². The summed E-state index contributed by atoms with van der Waals surface area (Å²) in [6.07, 6.45) is 0. The molecule has 0 saturated carbocycles. The maximum Gasteiger partial charge on any atom is 0.141 e. The van der Waals surface area contributed by atoms with Crippen LogP contribution in [0.5, 0.6) is 5.75 Å². The number of methoxy groups -OCH3 is 1. The van der Waals surface area contributed by atoms with Crippen LogP contribution in [0.15, 0.2) is 18.2 Å². The number of hydrogen-bond acceptors (Lipinski definition) is 3. The average Bonchev–Trinajstić information content (AvgIpc) is 2.32. The summed E-state index contributed by atoms with van der Waals surface area (Å²) in [4.78, 5) is 2.45. The van der Waals surface area contributed by atoms with Gasteiger partial charge in [-0.1, -0.05) is 23.7 Å². The minimum Gasteiger partial charge on any atom is -0.495 e. The second kappa shape index (κ2) is 5.71. The van der Waals surface area contributed by atoms with E-state index in [0.717, 1.165) is 37.5 Å². The van der Waals surface area contributed by atoms with Crippen LogP contribution < -0.4 is 10.1 Å². The van der Waals surface area contributed by atoms with Gasteiger partial charge >= 0.3 is 0 Å². The molecule has 0 radical (unpaired) electrons. The minimum atomic E-state index is 0.549. The third-order valence-corrected chi connectivity index (χ3v) is 3.56. The molecule has 0 amide bonds. The molecule has 94 valence electrons. The minimum absolute atomic E-state index is 0.549. The third-order valence-electron chi connectivity index (χ3n) is 3.26. The van der Waals surface area contributed by atoms with Crippen LogP contribution in [0.1, 0.15) is 12.5 Å². The smallest absolute Gasteiger partial charge is 0.141 e. The second-order valence-corrected chi connectivity index (χ2v) is 4.86. The van der Waals surface area contributed by atoms with E-state index < -0.39 is 0 Å². The molecule has 2 rings (SSSR count). The maximum absolute atomic E-state index is 6.13. The number of halogens is 1. The second-order valence-electron chi connectivity index (χ2n) is 4.46. The molecule has 1 aliphatic heterocycles. The van der Waals surface area contributed by atoms with E-state index in [-0.39, 0.29) is 0 Å². The van der Waals surface area contributed by atoms with E-state index in [4.69, 9.17) is 16.3 Å². The van der Waals surface area contributed by atoms with Crippen molar-refractivity contribution in [3.63, 3.8) is 0 Å². The fourth-order valence-electron chi connectivity index (χ4n) is 2.24. The Morgan fingerprint density at radius 3 is 3.06 bits per heavy atom. The molecule has 17 heavy (non-hydrogen) atoms. The first-order chi connectivity index (χ1) is 8.22. The zero-order valence-electron chi connectivity index (χ0n) is 10.4. The topological polar surface area (TPSA) is 24.5 Å². The van der Waals surface area contributed by atoms with Gasteiger partial charge in [-0.3, -0.25) is 4.90 Å². The Labute approximate surface area is 108 Å². The molecular formula is C13H19ClN2O. The summed E-state index contributed by atoms with van der Waals surface area (Å²) in [7, 11) is 1.67. The van der Waals surface area contributed by atoms with Gasteiger partial charge in [-0.25, -0.2) is 0 Å². The molecule has 1 aromatic rings. The van der Waals surface area contributed by atoms with Gasteiger partial charge in [0.1, 0.15) is 5.75 Å². The molecule has 0 spiro atoms. The normalized spacial score (nSPS) is 21.5. The lowest BCUT2D eigenvalue weighted by molar-refractivity contribution is 0.164. The Morgan fingerprint density at radius 1 is 1.53 bits per heavy atom. The highest BCUT2D eigenvalue weighted by atomic mass is 35.5. The number of para-hydroxylation sites is 1. The molecular weight excluding hydrogens is 236 g/mol. The number of nitrogens with one attached hydrogen (secondary N) is 1. The molecule has 0 bridgehead atoms. The van der Waals surface area contributed by atoms with E-state index in [0.29, 0.717) is 11.1 Å². The van der Waals surface area contributed by atoms with Crippen LogP contribution >= 0.6 is 11.6 Å². The van der Waals surface area contributed by atoms with E-state index in [1.165, 1.54) is 0 Å². The van der Waals surface area contributed by atoms with Crippen molar-refractivity contribution in [2.24, 2.45) is 0 Å². The van der Waals surface area contributed by atoms with Crippen molar-refractivity contribution in [2.75, 3.05) is 26.7 Å². The largest absolute Gasteiger partial charge is 0.495 e. The van der Waals surface area contributed by atoms with Gasteiger partial charge in [0.15, 0.2) is 0 Å². The van der Waals surface area contributed by atoms with Crippen LogP contribution in [0.4, 0.5) is 0 Å². The van der Waals surface area contributed by atoms with Crippen LogP contribution in [0.3, 0.4) is 0 Å². The highest BCUT2D eigenvalue weighted by Crippen LogP contribution is 2.29. The predicted octanol–water partition coefficient (Wildman–Crippen LogP) is 2.14. The van der Waals surface area contributed by atoms with Crippen molar-refractivity contribution >= 4 is 11.6 Å². The van der Waals surface area contributed by atoms with Gasteiger partial charge in [0.2, 0.25) is 0 Å². The van der Waals surface area contributed by atoms with Gasteiger partial charge in [0, 0.05) is 37.8 Å². The van der Waals surface area contributed by atoms with Crippen molar-refractivity contribution in [3.05, 3.63) is 28.8 Å². The molecule has 0 unspecified atom stereocenters. The first kappa shape index (κ1) is 12.7. The standard InChI is InChI=1S/C13H19ClN2O/c1-10-8-15-6-7-16(10)9-11-4-3-5-12(14)13(11)17-2/h3-5,10,15H,6-9H2,1-2H3/t10-/m1/s1. The van der Waals surface area contributed by atoms with Gasteiger partial charge in [-0.15, -0.1) is 0 Å². The fraction of sp³-hybridized carbons (Fsp3) is 0.538. The zero-order chi connectivity index (χ0) is 12.3. The lowest BCUT2D eigenvalue weighted by Gasteiger charge is -2.34. The van der Waals surface area contributed by atoms with E-state index in [1.54, 1.807) is 7.11 Å². The quantitative estimate of drug-likeness (QED) is 0.895. The van der Waals surface area contributed by atoms with Crippen molar-refractivity contribution < 1.29 is 4.74 Å². The highest BCUT2D eigenvalue weighted by Gasteiger charge is 2.19. The van der Waals surface area contributed by atoms with Gasteiger partial charge in [0.05, 0.1) is 12.1 Å².